The van der Waals surface area contributed by atoms with Gasteiger partial charge in [0, 0.05) is 10.6 Å². The van der Waals surface area contributed by atoms with E-state index in [1.165, 1.54) is 31.2 Å². The van der Waals surface area contributed by atoms with Crippen LogP contribution in [-0.2, 0) is 0 Å². The van der Waals surface area contributed by atoms with Crippen molar-refractivity contribution >= 4 is 17.4 Å². The zero-order valence-electron chi connectivity index (χ0n) is 11.0. The summed E-state index contributed by atoms with van der Waals surface area (Å²) in [5, 5.41) is 9.24. The normalized spacial score (nSPS) is 11.8. The molecule has 2 rings (SSSR count). The largest absolute Gasteiger partial charge is 0.292 e. The maximum Gasteiger partial charge on any atom is 0.184 e. The first-order valence-electron chi connectivity index (χ1n) is 6.09. The fourth-order valence-corrected chi connectivity index (χ4v) is 2.25. The second-order valence-corrected chi connectivity index (χ2v) is 4.96. The molecule has 0 aliphatic rings. The van der Waals surface area contributed by atoms with Crippen molar-refractivity contribution in [1.29, 1.82) is 5.26 Å². The summed E-state index contributed by atoms with van der Waals surface area (Å²) in [6.45, 7) is 1.53. The van der Waals surface area contributed by atoms with Crippen LogP contribution in [0.3, 0.4) is 0 Å². The lowest BCUT2D eigenvalue weighted by molar-refractivity contribution is 0.0978. The van der Waals surface area contributed by atoms with Crippen LogP contribution >= 0.6 is 11.6 Å². The van der Waals surface area contributed by atoms with Crippen LogP contribution in [0.15, 0.2) is 36.4 Å². The van der Waals surface area contributed by atoms with Gasteiger partial charge in [-0.3, -0.25) is 4.79 Å². The van der Waals surface area contributed by atoms with Crippen LogP contribution in [0.25, 0.3) is 0 Å². The van der Waals surface area contributed by atoms with Gasteiger partial charge in [0.25, 0.3) is 0 Å². The molecule has 2 aromatic rings. The number of benzene rings is 2. The molecule has 0 aliphatic carbocycles. The first-order chi connectivity index (χ1) is 9.93. The molecular weight excluding hydrogens is 296 g/mol. The molecule has 0 heterocycles. The van der Waals surface area contributed by atoms with Gasteiger partial charge in [0.2, 0.25) is 0 Å². The minimum Gasteiger partial charge on any atom is -0.292 e. The van der Waals surface area contributed by atoms with E-state index < -0.39 is 23.3 Å². The van der Waals surface area contributed by atoms with Crippen LogP contribution in [0.1, 0.15) is 27.4 Å². The lowest BCUT2D eigenvalue weighted by atomic mass is 9.91. The lowest BCUT2D eigenvalue weighted by Gasteiger charge is -2.11. The monoisotopic (exact) mass is 305 g/mol. The molecule has 0 bridgehead atoms. The zero-order chi connectivity index (χ0) is 15.6. The summed E-state index contributed by atoms with van der Waals surface area (Å²) in [6.07, 6.45) is 0. The summed E-state index contributed by atoms with van der Waals surface area (Å²) >= 11 is 5.89. The third-order valence-corrected chi connectivity index (χ3v) is 3.43. The molecule has 106 valence electrons. The highest BCUT2D eigenvalue weighted by atomic mass is 35.5. The number of aryl methyl sites for hydroxylation is 1. The number of Topliss-reactive ketones (excluding diaryl/α,β-unsaturated/α-hetero) is 1. The van der Waals surface area contributed by atoms with Gasteiger partial charge in [-0.1, -0.05) is 17.7 Å². The van der Waals surface area contributed by atoms with E-state index in [4.69, 9.17) is 11.6 Å². The van der Waals surface area contributed by atoms with Gasteiger partial charge >= 0.3 is 0 Å². The summed E-state index contributed by atoms with van der Waals surface area (Å²) in [4.78, 5) is 12.4. The first-order valence-corrected chi connectivity index (χ1v) is 6.46. The molecule has 0 aromatic heterocycles. The molecule has 0 aliphatic heterocycles. The number of carbonyl (C=O) groups excluding carboxylic acids is 1. The molecule has 2 aromatic carbocycles. The number of carbonyl (C=O) groups is 1. The molecular formula is C16H10ClF2NO. The highest BCUT2D eigenvalue weighted by Gasteiger charge is 2.24. The van der Waals surface area contributed by atoms with Gasteiger partial charge in [-0.25, -0.2) is 8.78 Å². The molecule has 0 amide bonds. The summed E-state index contributed by atoms with van der Waals surface area (Å²) < 4.78 is 26.3. The Bertz CT molecular complexity index is 752. The van der Waals surface area contributed by atoms with Gasteiger partial charge < -0.3 is 0 Å². The Morgan fingerprint density at radius 1 is 1.24 bits per heavy atom. The van der Waals surface area contributed by atoms with Crippen molar-refractivity contribution in [2.45, 2.75) is 12.8 Å². The van der Waals surface area contributed by atoms with Gasteiger partial charge in [0.05, 0.1) is 6.07 Å². The van der Waals surface area contributed by atoms with Crippen LogP contribution in [-0.4, -0.2) is 5.78 Å². The van der Waals surface area contributed by atoms with Crippen LogP contribution < -0.4 is 0 Å². The van der Waals surface area contributed by atoms with E-state index in [0.29, 0.717) is 5.56 Å². The second-order valence-electron chi connectivity index (χ2n) is 4.56. The van der Waals surface area contributed by atoms with Gasteiger partial charge in [0.15, 0.2) is 5.78 Å². The average Bonchev–Trinajstić information content (AvgIpc) is 2.44. The zero-order valence-corrected chi connectivity index (χ0v) is 11.8. The SMILES string of the molecule is Cc1cc(C(=O)C(C#N)c2ccc(F)cc2Cl)ccc1F. The third-order valence-electron chi connectivity index (χ3n) is 3.11. The second kappa shape index (κ2) is 6.02. The number of rotatable bonds is 3. The number of hydrogen-bond acceptors (Lipinski definition) is 2. The van der Waals surface area contributed by atoms with E-state index in [9.17, 15) is 18.8 Å². The minimum atomic E-state index is -1.16. The molecule has 1 unspecified atom stereocenters. The molecule has 21 heavy (non-hydrogen) atoms. The predicted molar refractivity (Wildman–Crippen MR) is 75.2 cm³/mol. The number of halogens is 3. The Morgan fingerprint density at radius 3 is 2.52 bits per heavy atom. The van der Waals surface area contributed by atoms with Crippen molar-refractivity contribution in [3.05, 3.63) is 69.7 Å². The van der Waals surface area contributed by atoms with Crippen molar-refractivity contribution in [2.75, 3.05) is 0 Å². The van der Waals surface area contributed by atoms with Gasteiger partial charge in [-0.2, -0.15) is 5.26 Å². The standard InChI is InChI=1S/C16H10ClF2NO/c1-9-6-10(2-5-15(9)19)16(21)13(8-20)12-4-3-11(18)7-14(12)17/h2-7,13H,1H3. The van der Waals surface area contributed by atoms with Crippen molar-refractivity contribution in [3.63, 3.8) is 0 Å². The highest BCUT2D eigenvalue weighted by Crippen LogP contribution is 2.28. The highest BCUT2D eigenvalue weighted by molar-refractivity contribution is 6.31. The molecule has 0 saturated carbocycles. The lowest BCUT2D eigenvalue weighted by Crippen LogP contribution is -2.12. The van der Waals surface area contributed by atoms with E-state index in [2.05, 4.69) is 0 Å². The molecule has 0 N–H and O–H groups in total. The number of nitrogens with zero attached hydrogens (tertiary/aromatic N) is 1. The van der Waals surface area contributed by atoms with E-state index in [0.717, 1.165) is 12.1 Å². The Kier molecular flexibility index (Phi) is 4.35. The molecule has 1 atom stereocenters. The van der Waals surface area contributed by atoms with Gasteiger partial charge in [-0.15, -0.1) is 0 Å². The van der Waals surface area contributed by atoms with E-state index in [1.807, 2.05) is 6.07 Å². The number of nitriles is 1. The van der Waals surface area contributed by atoms with E-state index >= 15 is 0 Å². The number of hydrogen-bond donors (Lipinski definition) is 0. The van der Waals surface area contributed by atoms with Crippen molar-refractivity contribution in [2.24, 2.45) is 0 Å². The Morgan fingerprint density at radius 2 is 1.95 bits per heavy atom. The molecule has 0 radical (unpaired) electrons. The van der Waals surface area contributed by atoms with E-state index in [1.54, 1.807) is 0 Å². The summed E-state index contributed by atoms with van der Waals surface area (Å²) in [5.74, 6) is -2.65. The maximum atomic E-state index is 13.2. The summed E-state index contributed by atoms with van der Waals surface area (Å²) in [7, 11) is 0. The van der Waals surface area contributed by atoms with Crippen LogP contribution in [0.4, 0.5) is 8.78 Å². The third kappa shape index (κ3) is 3.09. The molecule has 0 fully saturated rings. The molecule has 0 saturated heterocycles. The topological polar surface area (TPSA) is 40.9 Å². The molecule has 5 heteroatoms. The molecule has 0 spiro atoms. The maximum absolute atomic E-state index is 13.2. The van der Waals surface area contributed by atoms with E-state index in [-0.39, 0.29) is 16.1 Å². The Hall–Kier alpha value is -2.25. The predicted octanol–water partition coefficient (Wildman–Crippen LogP) is 4.42. The Labute approximate surface area is 125 Å². The van der Waals surface area contributed by atoms with Gasteiger partial charge in [-0.05, 0) is 48.4 Å². The van der Waals surface area contributed by atoms with Crippen LogP contribution in [0.2, 0.25) is 5.02 Å². The van der Waals surface area contributed by atoms with Crippen molar-refractivity contribution < 1.29 is 13.6 Å². The molecule has 2 nitrogen and oxygen atoms in total. The van der Waals surface area contributed by atoms with Crippen molar-refractivity contribution in [3.8, 4) is 6.07 Å². The first kappa shape index (κ1) is 15.1. The fourth-order valence-electron chi connectivity index (χ4n) is 1.97. The smallest absolute Gasteiger partial charge is 0.184 e. The summed E-state index contributed by atoms with van der Waals surface area (Å²) in [5.41, 5.74) is 0.746. The minimum absolute atomic E-state index is 0.00809. The van der Waals surface area contributed by atoms with Crippen molar-refractivity contribution in [1.82, 2.24) is 0 Å². The van der Waals surface area contributed by atoms with Crippen LogP contribution in [0, 0.1) is 29.9 Å². The average molecular weight is 306 g/mol. The van der Waals surface area contributed by atoms with Gasteiger partial charge in [0.1, 0.15) is 17.6 Å². The van der Waals surface area contributed by atoms with Crippen LogP contribution in [0.5, 0.6) is 0 Å². The quantitative estimate of drug-likeness (QED) is 0.788. The Balaban J connectivity index is 2.43. The number of ketones is 1. The summed E-state index contributed by atoms with van der Waals surface area (Å²) in [6, 6.07) is 9.20. The fraction of sp³-hybridized carbons (Fsp3) is 0.125.